The molecule has 0 radical (unpaired) electrons. The molecule has 0 aromatic rings. The number of amides is 2. The third kappa shape index (κ3) is 2.12. The van der Waals surface area contributed by atoms with Gasteiger partial charge in [0, 0.05) is 32.6 Å². The Kier molecular flexibility index (Phi) is 2.90. The van der Waals surface area contributed by atoms with E-state index in [1.165, 1.54) is 6.92 Å². The monoisotopic (exact) mass is 211 g/mol. The topological polar surface area (TPSA) is 61.4 Å². The SMILES string of the molecule is CC(=O)NCC(=O)N1CC[C@H]2CNC[C@H]21. The van der Waals surface area contributed by atoms with Crippen molar-refractivity contribution >= 4 is 11.8 Å². The minimum atomic E-state index is -0.149. The summed E-state index contributed by atoms with van der Waals surface area (Å²) in [7, 11) is 0. The first-order valence-corrected chi connectivity index (χ1v) is 5.43. The number of carbonyl (C=O) groups is 2. The van der Waals surface area contributed by atoms with Gasteiger partial charge in [-0.05, 0) is 12.3 Å². The molecular weight excluding hydrogens is 194 g/mol. The Bertz CT molecular complexity index is 280. The van der Waals surface area contributed by atoms with E-state index in [1.54, 1.807) is 0 Å². The summed E-state index contributed by atoms with van der Waals surface area (Å²) in [5.74, 6) is 0.510. The first kappa shape index (κ1) is 10.4. The summed E-state index contributed by atoms with van der Waals surface area (Å²) in [6, 6.07) is 0.353. The van der Waals surface area contributed by atoms with E-state index >= 15 is 0 Å². The van der Waals surface area contributed by atoms with Crippen molar-refractivity contribution in [3.63, 3.8) is 0 Å². The summed E-state index contributed by atoms with van der Waals surface area (Å²) in [5, 5.41) is 5.84. The lowest BCUT2D eigenvalue weighted by Crippen LogP contribution is -2.44. The highest BCUT2D eigenvalue weighted by atomic mass is 16.2. The van der Waals surface area contributed by atoms with E-state index in [4.69, 9.17) is 0 Å². The number of nitrogens with zero attached hydrogens (tertiary/aromatic N) is 1. The number of hydrogen-bond acceptors (Lipinski definition) is 3. The molecule has 0 unspecified atom stereocenters. The number of likely N-dealkylation sites (tertiary alicyclic amines) is 1. The second-order valence-corrected chi connectivity index (χ2v) is 4.27. The normalized spacial score (nSPS) is 29.0. The van der Waals surface area contributed by atoms with Gasteiger partial charge >= 0.3 is 0 Å². The molecule has 5 nitrogen and oxygen atoms in total. The highest BCUT2D eigenvalue weighted by Gasteiger charge is 2.39. The van der Waals surface area contributed by atoms with Crippen LogP contribution < -0.4 is 10.6 Å². The summed E-state index contributed by atoms with van der Waals surface area (Å²) in [6.07, 6.45) is 1.09. The van der Waals surface area contributed by atoms with Crippen LogP contribution in [-0.4, -0.2) is 48.9 Å². The molecule has 2 atom stereocenters. The number of hydrogen-bond donors (Lipinski definition) is 2. The van der Waals surface area contributed by atoms with Crippen molar-refractivity contribution in [1.82, 2.24) is 15.5 Å². The van der Waals surface area contributed by atoms with Crippen LogP contribution in [0.25, 0.3) is 0 Å². The molecule has 2 aliphatic heterocycles. The molecule has 2 N–H and O–H groups in total. The van der Waals surface area contributed by atoms with Crippen LogP contribution in [0.1, 0.15) is 13.3 Å². The first-order valence-electron chi connectivity index (χ1n) is 5.43. The van der Waals surface area contributed by atoms with Gasteiger partial charge in [0.2, 0.25) is 11.8 Å². The van der Waals surface area contributed by atoms with E-state index in [0.29, 0.717) is 12.0 Å². The lowest BCUT2D eigenvalue weighted by atomic mass is 10.1. The molecule has 2 fully saturated rings. The molecule has 2 rings (SSSR count). The number of rotatable bonds is 2. The maximum Gasteiger partial charge on any atom is 0.242 e. The van der Waals surface area contributed by atoms with Crippen molar-refractivity contribution in [2.24, 2.45) is 5.92 Å². The van der Waals surface area contributed by atoms with E-state index in [9.17, 15) is 9.59 Å². The lowest BCUT2D eigenvalue weighted by molar-refractivity contribution is -0.133. The van der Waals surface area contributed by atoms with Gasteiger partial charge in [-0.2, -0.15) is 0 Å². The zero-order valence-electron chi connectivity index (χ0n) is 8.95. The van der Waals surface area contributed by atoms with E-state index in [0.717, 1.165) is 26.1 Å². The van der Waals surface area contributed by atoms with Crippen LogP contribution in [0.15, 0.2) is 0 Å². The van der Waals surface area contributed by atoms with Crippen molar-refractivity contribution in [3.8, 4) is 0 Å². The van der Waals surface area contributed by atoms with E-state index in [2.05, 4.69) is 10.6 Å². The van der Waals surface area contributed by atoms with Crippen molar-refractivity contribution in [1.29, 1.82) is 0 Å². The molecule has 84 valence electrons. The number of nitrogens with one attached hydrogen (secondary N) is 2. The molecule has 15 heavy (non-hydrogen) atoms. The van der Waals surface area contributed by atoms with Gasteiger partial charge in [0.05, 0.1) is 6.54 Å². The fourth-order valence-electron chi connectivity index (χ4n) is 2.46. The maximum absolute atomic E-state index is 11.8. The van der Waals surface area contributed by atoms with Crippen LogP contribution in [0.4, 0.5) is 0 Å². The first-order chi connectivity index (χ1) is 7.18. The zero-order chi connectivity index (χ0) is 10.8. The third-order valence-corrected chi connectivity index (χ3v) is 3.25. The second kappa shape index (κ2) is 4.18. The Balaban J connectivity index is 1.87. The number of carbonyl (C=O) groups excluding carboxylic acids is 2. The average molecular weight is 211 g/mol. The predicted octanol–water partition coefficient (Wildman–Crippen LogP) is -1.06. The van der Waals surface area contributed by atoms with Crippen LogP contribution in [0.5, 0.6) is 0 Å². The molecule has 2 amide bonds. The summed E-state index contributed by atoms with van der Waals surface area (Å²) in [6.45, 7) is 4.33. The molecule has 2 heterocycles. The molecular formula is C10H17N3O2. The van der Waals surface area contributed by atoms with Crippen LogP contribution in [0, 0.1) is 5.92 Å². The molecule has 0 aliphatic carbocycles. The van der Waals surface area contributed by atoms with E-state index < -0.39 is 0 Å². The number of fused-ring (bicyclic) bond motifs is 1. The van der Waals surface area contributed by atoms with E-state index in [-0.39, 0.29) is 18.4 Å². The summed E-state index contributed by atoms with van der Waals surface area (Å²) < 4.78 is 0. The molecule has 0 saturated carbocycles. The van der Waals surface area contributed by atoms with Crippen molar-refractivity contribution < 1.29 is 9.59 Å². The van der Waals surface area contributed by atoms with Gasteiger partial charge in [-0.15, -0.1) is 0 Å². The Morgan fingerprint density at radius 1 is 1.47 bits per heavy atom. The predicted molar refractivity (Wildman–Crippen MR) is 55.2 cm³/mol. The van der Waals surface area contributed by atoms with Gasteiger partial charge in [0.1, 0.15) is 0 Å². The quantitative estimate of drug-likeness (QED) is 0.612. The molecule has 5 heteroatoms. The highest BCUT2D eigenvalue weighted by molar-refractivity contribution is 5.84. The van der Waals surface area contributed by atoms with Gasteiger partial charge in [0.15, 0.2) is 0 Å². The van der Waals surface area contributed by atoms with Crippen molar-refractivity contribution in [2.75, 3.05) is 26.2 Å². The fraction of sp³-hybridized carbons (Fsp3) is 0.800. The lowest BCUT2D eigenvalue weighted by Gasteiger charge is -2.23. The van der Waals surface area contributed by atoms with E-state index in [1.807, 2.05) is 4.90 Å². The van der Waals surface area contributed by atoms with Gasteiger partial charge < -0.3 is 15.5 Å². The molecule has 0 spiro atoms. The Hall–Kier alpha value is -1.10. The molecule has 2 aliphatic rings. The third-order valence-electron chi connectivity index (χ3n) is 3.25. The molecule has 0 aromatic carbocycles. The Labute approximate surface area is 89.2 Å². The van der Waals surface area contributed by atoms with Crippen molar-refractivity contribution in [3.05, 3.63) is 0 Å². The average Bonchev–Trinajstić information content (AvgIpc) is 2.74. The van der Waals surface area contributed by atoms with Gasteiger partial charge in [0.25, 0.3) is 0 Å². The standard InChI is InChI=1S/C10H17N3O2/c1-7(14)12-6-10(15)13-3-2-8-4-11-5-9(8)13/h8-9,11H,2-6H2,1H3,(H,12,14)/t8-,9+/m0/s1. The molecule has 2 saturated heterocycles. The zero-order valence-corrected chi connectivity index (χ0v) is 8.95. The van der Waals surface area contributed by atoms with Gasteiger partial charge in [-0.3, -0.25) is 9.59 Å². The Morgan fingerprint density at radius 3 is 3.00 bits per heavy atom. The maximum atomic E-state index is 11.8. The Morgan fingerprint density at radius 2 is 2.27 bits per heavy atom. The second-order valence-electron chi connectivity index (χ2n) is 4.27. The smallest absolute Gasteiger partial charge is 0.242 e. The van der Waals surface area contributed by atoms with Crippen LogP contribution in [0.3, 0.4) is 0 Å². The molecule has 0 aromatic heterocycles. The fourth-order valence-corrected chi connectivity index (χ4v) is 2.46. The van der Waals surface area contributed by atoms with Gasteiger partial charge in [-0.25, -0.2) is 0 Å². The van der Waals surface area contributed by atoms with Crippen LogP contribution in [0.2, 0.25) is 0 Å². The molecule has 0 bridgehead atoms. The van der Waals surface area contributed by atoms with Gasteiger partial charge in [-0.1, -0.05) is 0 Å². The summed E-state index contributed by atoms with van der Waals surface area (Å²) in [5.41, 5.74) is 0. The highest BCUT2D eigenvalue weighted by Crippen LogP contribution is 2.26. The summed E-state index contributed by atoms with van der Waals surface area (Å²) >= 11 is 0. The van der Waals surface area contributed by atoms with Crippen LogP contribution in [-0.2, 0) is 9.59 Å². The minimum Gasteiger partial charge on any atom is -0.347 e. The minimum absolute atomic E-state index is 0.0430. The summed E-state index contributed by atoms with van der Waals surface area (Å²) in [4.78, 5) is 24.4. The van der Waals surface area contributed by atoms with Crippen molar-refractivity contribution in [2.45, 2.75) is 19.4 Å². The van der Waals surface area contributed by atoms with Crippen LogP contribution >= 0.6 is 0 Å². The largest absolute Gasteiger partial charge is 0.347 e.